The van der Waals surface area contributed by atoms with Gasteiger partial charge in [0.05, 0.1) is 18.1 Å². The van der Waals surface area contributed by atoms with Gasteiger partial charge in [0.15, 0.2) is 11.5 Å². The second kappa shape index (κ2) is 9.58. The number of ether oxygens (including phenoxy) is 2. The van der Waals surface area contributed by atoms with Crippen LogP contribution in [0.15, 0.2) is 59.5 Å². The van der Waals surface area contributed by atoms with Crippen LogP contribution < -0.4 is 17.9 Å². The van der Waals surface area contributed by atoms with Crippen molar-refractivity contribution >= 4 is 37.9 Å². The summed E-state index contributed by atoms with van der Waals surface area (Å²) in [5.41, 5.74) is 0.167. The number of nitrogens with one attached hydrogen (secondary N) is 1. The van der Waals surface area contributed by atoms with Gasteiger partial charge in [0.25, 0.3) is 10.0 Å². The van der Waals surface area contributed by atoms with E-state index in [2.05, 4.69) is 0 Å². The molecular formula is C22H18N4O9S2. The normalized spacial score (nSPS) is 13.4. The molecule has 4 rings (SSSR count). The standard InChI is InChI=1S/C22H18N4O9S2/c1-34-19-7-3-6-17-21(19)35-20(27)13-26(17)37(32,33)24-36(30,31)15-5-2-4-14(12-15)16-8-9-18(22(28)29)25(16)11-10-23/h2-9,12,24H,11,13H2,1H3,(H,28,29). The molecule has 2 aromatic carbocycles. The van der Waals surface area contributed by atoms with Crippen LogP contribution in [-0.2, 0) is 31.6 Å². The average Bonchev–Trinajstić information content (AvgIpc) is 3.27. The van der Waals surface area contributed by atoms with E-state index in [1.807, 2.05) is 6.07 Å². The summed E-state index contributed by atoms with van der Waals surface area (Å²) in [6, 6.07) is 13.8. The van der Waals surface area contributed by atoms with E-state index < -0.39 is 43.6 Å². The lowest BCUT2D eigenvalue weighted by atomic mass is 10.1. The number of aromatic carboxylic acids is 1. The first-order valence-corrected chi connectivity index (χ1v) is 13.2. The molecule has 0 aliphatic carbocycles. The quantitative estimate of drug-likeness (QED) is 0.308. The van der Waals surface area contributed by atoms with Gasteiger partial charge in [0, 0.05) is 5.69 Å². The summed E-state index contributed by atoms with van der Waals surface area (Å²) in [5.74, 6) is -2.34. The SMILES string of the molecule is COc1cccc2c1OC(=O)CN2S(=O)(=O)NS(=O)(=O)c1cccc(-c2ccc(C(=O)O)n2CC#N)c1. The van der Waals surface area contributed by atoms with Gasteiger partial charge in [0.2, 0.25) is 0 Å². The molecule has 0 amide bonds. The number of carbonyl (C=O) groups excluding carboxylic acids is 1. The van der Waals surface area contributed by atoms with Crippen LogP contribution >= 0.6 is 0 Å². The number of rotatable bonds is 8. The number of nitriles is 1. The third-order valence-electron chi connectivity index (χ3n) is 5.31. The average molecular weight is 547 g/mol. The van der Waals surface area contributed by atoms with Crippen molar-refractivity contribution in [3.05, 3.63) is 60.3 Å². The summed E-state index contributed by atoms with van der Waals surface area (Å²) < 4.78 is 66.0. The molecule has 0 radical (unpaired) electrons. The van der Waals surface area contributed by atoms with Gasteiger partial charge in [-0.3, -0.25) is 0 Å². The molecule has 0 atom stereocenters. The van der Waals surface area contributed by atoms with Crippen molar-refractivity contribution < 1.29 is 41.0 Å². The fraction of sp³-hybridized carbons (Fsp3) is 0.136. The molecule has 13 nitrogen and oxygen atoms in total. The largest absolute Gasteiger partial charge is 0.493 e. The minimum absolute atomic E-state index is 0.0717. The number of para-hydroxylation sites is 1. The van der Waals surface area contributed by atoms with Crippen LogP contribution in [0, 0.1) is 11.3 Å². The molecule has 2 N–H and O–H groups in total. The zero-order chi connectivity index (χ0) is 27.0. The molecule has 0 saturated heterocycles. The second-order valence-corrected chi connectivity index (χ2v) is 11.1. The number of hydrogen-bond donors (Lipinski definition) is 2. The summed E-state index contributed by atoms with van der Waals surface area (Å²) in [5, 5.41) is 18.5. The van der Waals surface area contributed by atoms with Crippen molar-refractivity contribution in [1.29, 1.82) is 5.26 Å². The highest BCUT2D eigenvalue weighted by atomic mass is 32.3. The Kier molecular flexibility index (Phi) is 6.65. The van der Waals surface area contributed by atoms with Crippen molar-refractivity contribution in [3.63, 3.8) is 0 Å². The number of carboxylic acid groups (broad SMARTS) is 1. The molecule has 0 unspecified atom stereocenters. The lowest BCUT2D eigenvalue weighted by Crippen LogP contribution is -2.48. The molecule has 1 aliphatic heterocycles. The summed E-state index contributed by atoms with van der Waals surface area (Å²) >= 11 is 0. The smallest absolute Gasteiger partial charge is 0.352 e. The first-order chi connectivity index (χ1) is 17.5. The molecule has 1 aliphatic rings. The van der Waals surface area contributed by atoms with Crippen LogP contribution in [0.5, 0.6) is 11.5 Å². The summed E-state index contributed by atoms with van der Waals surface area (Å²) in [6.45, 7) is -1.10. The summed E-state index contributed by atoms with van der Waals surface area (Å²) in [4.78, 5) is 23.1. The number of esters is 1. The molecule has 0 fully saturated rings. The molecule has 0 bridgehead atoms. The molecule has 3 aromatic rings. The number of fused-ring (bicyclic) bond motifs is 1. The number of aromatic nitrogens is 1. The Morgan fingerprint density at radius 3 is 2.57 bits per heavy atom. The zero-order valence-electron chi connectivity index (χ0n) is 19.0. The van der Waals surface area contributed by atoms with E-state index in [1.54, 1.807) is 4.13 Å². The Balaban J connectivity index is 1.71. The minimum Gasteiger partial charge on any atom is -0.493 e. The van der Waals surface area contributed by atoms with Crippen LogP contribution in [-0.4, -0.2) is 52.1 Å². The highest BCUT2D eigenvalue weighted by Crippen LogP contribution is 2.41. The van der Waals surface area contributed by atoms with Gasteiger partial charge in [-0.05, 0) is 42.0 Å². The molecule has 15 heteroatoms. The molecule has 1 aromatic heterocycles. The number of benzene rings is 2. The summed E-state index contributed by atoms with van der Waals surface area (Å²) in [6.07, 6.45) is 0. The van der Waals surface area contributed by atoms with E-state index in [0.29, 0.717) is 4.31 Å². The van der Waals surface area contributed by atoms with Gasteiger partial charge in [0.1, 0.15) is 24.5 Å². The van der Waals surface area contributed by atoms with Gasteiger partial charge < -0.3 is 19.1 Å². The number of methoxy groups -OCH3 is 1. The van der Waals surface area contributed by atoms with E-state index in [4.69, 9.17) is 14.7 Å². The molecule has 2 heterocycles. The van der Waals surface area contributed by atoms with Crippen LogP contribution in [0.1, 0.15) is 10.5 Å². The second-order valence-electron chi connectivity index (χ2n) is 7.56. The maximum Gasteiger partial charge on any atom is 0.352 e. The lowest BCUT2D eigenvalue weighted by molar-refractivity contribution is -0.133. The van der Waals surface area contributed by atoms with Gasteiger partial charge in [-0.15, -0.1) is 0 Å². The highest BCUT2D eigenvalue weighted by molar-refractivity contribution is 8.05. The molecule has 0 saturated carbocycles. The van der Waals surface area contributed by atoms with Crippen LogP contribution in [0.25, 0.3) is 11.3 Å². The van der Waals surface area contributed by atoms with Gasteiger partial charge in [-0.1, -0.05) is 22.3 Å². The molecule has 37 heavy (non-hydrogen) atoms. The van der Waals surface area contributed by atoms with Crippen LogP contribution in [0.2, 0.25) is 0 Å². The van der Waals surface area contributed by atoms with Gasteiger partial charge >= 0.3 is 22.1 Å². The van der Waals surface area contributed by atoms with Gasteiger partial charge in [-0.25, -0.2) is 22.3 Å². The first-order valence-electron chi connectivity index (χ1n) is 10.3. The van der Waals surface area contributed by atoms with Crippen LogP contribution in [0.4, 0.5) is 5.69 Å². The first kappa shape index (κ1) is 25.7. The number of nitrogens with zero attached hydrogens (tertiary/aromatic N) is 3. The Morgan fingerprint density at radius 2 is 1.89 bits per heavy atom. The number of anilines is 1. The minimum atomic E-state index is -4.85. The number of carbonyl (C=O) groups is 2. The highest BCUT2D eigenvalue weighted by Gasteiger charge is 2.37. The Labute approximate surface area is 211 Å². The molecule has 192 valence electrons. The van der Waals surface area contributed by atoms with E-state index in [0.717, 1.165) is 12.1 Å². The van der Waals surface area contributed by atoms with Crippen LogP contribution in [0.3, 0.4) is 0 Å². The monoisotopic (exact) mass is 546 g/mol. The topological polar surface area (TPSA) is 185 Å². The number of sulfonamides is 1. The van der Waals surface area contributed by atoms with Gasteiger partial charge in [-0.2, -0.15) is 13.7 Å². The van der Waals surface area contributed by atoms with E-state index in [-0.39, 0.29) is 40.7 Å². The summed E-state index contributed by atoms with van der Waals surface area (Å²) in [7, 11) is -8.28. The van der Waals surface area contributed by atoms with E-state index in [9.17, 15) is 31.5 Å². The predicted molar refractivity (Wildman–Crippen MR) is 128 cm³/mol. The fourth-order valence-corrected chi connectivity index (χ4v) is 6.80. The zero-order valence-corrected chi connectivity index (χ0v) is 20.6. The Hall–Kier alpha value is -4.39. The predicted octanol–water partition coefficient (Wildman–Crippen LogP) is 1.33. The van der Waals surface area contributed by atoms with E-state index in [1.165, 1.54) is 54.1 Å². The molecule has 0 spiro atoms. The number of hydrogen-bond acceptors (Lipinski definition) is 9. The third-order valence-corrected chi connectivity index (χ3v) is 8.81. The number of carboxylic acids is 1. The Bertz CT molecular complexity index is 1670. The third kappa shape index (κ3) is 4.85. The Morgan fingerprint density at radius 1 is 1.16 bits per heavy atom. The van der Waals surface area contributed by atoms with Crippen molar-refractivity contribution in [2.24, 2.45) is 0 Å². The van der Waals surface area contributed by atoms with E-state index >= 15 is 0 Å². The van der Waals surface area contributed by atoms with Crippen molar-refractivity contribution in [3.8, 4) is 28.8 Å². The van der Waals surface area contributed by atoms with Crippen molar-refractivity contribution in [2.45, 2.75) is 11.4 Å². The molecular weight excluding hydrogens is 528 g/mol. The van der Waals surface area contributed by atoms with Crippen molar-refractivity contribution in [1.82, 2.24) is 8.69 Å². The lowest BCUT2D eigenvalue weighted by Gasteiger charge is -2.29. The van der Waals surface area contributed by atoms with Crippen molar-refractivity contribution in [2.75, 3.05) is 18.0 Å². The maximum absolute atomic E-state index is 13.1. The fourth-order valence-electron chi connectivity index (χ4n) is 3.73. The maximum atomic E-state index is 13.1.